The molecule has 41 heavy (non-hydrogen) atoms. The second-order valence-corrected chi connectivity index (χ2v) is 11.6. The number of carbonyl (C=O) groups is 2. The average Bonchev–Trinajstić information content (AvgIpc) is 3.22. The summed E-state index contributed by atoms with van der Waals surface area (Å²) in [5, 5.41) is 3.46. The number of nitrogens with one attached hydrogen (secondary N) is 1. The topological polar surface area (TPSA) is 127 Å². The maximum atomic E-state index is 14.8. The van der Waals surface area contributed by atoms with Gasteiger partial charge in [0.05, 0.1) is 33.1 Å². The summed E-state index contributed by atoms with van der Waals surface area (Å²) in [6.45, 7) is 1.78. The molecule has 13 heteroatoms. The van der Waals surface area contributed by atoms with Crippen molar-refractivity contribution in [3.05, 3.63) is 70.9 Å². The molecular formula is C28H31ClN4O7S. The molecule has 0 saturated heterocycles. The number of amides is 2. The number of rotatable bonds is 10. The summed E-state index contributed by atoms with van der Waals surface area (Å²) in [5.41, 5.74) is -1.47. The Morgan fingerprint density at radius 3 is 2.41 bits per heavy atom. The molecule has 1 unspecified atom stereocenters. The fraction of sp³-hybridized carbons (Fsp3) is 0.321. The Hall–Kier alpha value is -3.87. The summed E-state index contributed by atoms with van der Waals surface area (Å²) in [7, 11) is 2.74. The maximum Gasteiger partial charge on any atom is 0.274 e. The molecule has 4 rings (SSSR count). The first kappa shape index (κ1) is 30.1. The number of carbonyl (C=O) groups excluding carboxylic acids is 2. The van der Waals surface area contributed by atoms with Crippen LogP contribution < -0.4 is 23.8 Å². The van der Waals surface area contributed by atoms with E-state index < -0.39 is 27.5 Å². The quantitative estimate of drug-likeness (QED) is 0.372. The van der Waals surface area contributed by atoms with E-state index in [0.29, 0.717) is 10.1 Å². The first-order valence-electron chi connectivity index (χ1n) is 12.6. The number of ether oxygens (including phenoxy) is 3. The highest BCUT2D eigenvalue weighted by molar-refractivity contribution is 7.93. The van der Waals surface area contributed by atoms with E-state index in [-0.39, 0.29) is 50.7 Å². The summed E-state index contributed by atoms with van der Waals surface area (Å²) in [6, 6.07) is 10.9. The van der Waals surface area contributed by atoms with Gasteiger partial charge in [0.1, 0.15) is 16.4 Å². The largest absolute Gasteiger partial charge is 0.497 e. The van der Waals surface area contributed by atoms with Gasteiger partial charge in [0.25, 0.3) is 15.9 Å². The van der Waals surface area contributed by atoms with E-state index in [1.807, 2.05) is 0 Å². The molecule has 1 aliphatic heterocycles. The van der Waals surface area contributed by atoms with E-state index in [2.05, 4.69) is 10.3 Å². The molecule has 2 atom stereocenters. The Morgan fingerprint density at radius 1 is 1.07 bits per heavy atom. The Bertz CT molecular complexity index is 1600. The molecule has 0 aliphatic carbocycles. The average molecular weight is 603 g/mol. The van der Waals surface area contributed by atoms with Gasteiger partial charge in [0, 0.05) is 42.5 Å². The minimum Gasteiger partial charge on any atom is -0.497 e. The van der Waals surface area contributed by atoms with Crippen molar-refractivity contribution in [2.24, 2.45) is 0 Å². The first-order chi connectivity index (χ1) is 19.5. The third kappa shape index (κ3) is 4.96. The second kappa shape index (κ2) is 11.6. The van der Waals surface area contributed by atoms with E-state index in [1.54, 1.807) is 33.2 Å². The van der Waals surface area contributed by atoms with E-state index in [4.69, 9.17) is 25.8 Å². The number of hydrogen-bond acceptors (Lipinski definition) is 9. The Labute approximate surface area is 244 Å². The number of methoxy groups -OCH3 is 3. The summed E-state index contributed by atoms with van der Waals surface area (Å²) in [4.78, 5) is 33.5. The van der Waals surface area contributed by atoms with Gasteiger partial charge in [0.2, 0.25) is 11.8 Å². The van der Waals surface area contributed by atoms with Crippen molar-refractivity contribution in [2.45, 2.75) is 29.8 Å². The van der Waals surface area contributed by atoms with Crippen LogP contribution in [0.1, 0.15) is 24.5 Å². The second-order valence-electron chi connectivity index (χ2n) is 9.40. The van der Waals surface area contributed by atoms with Gasteiger partial charge in [-0.2, -0.15) is 0 Å². The molecular weight excluding hydrogens is 572 g/mol. The number of pyridine rings is 1. The number of fused-ring (bicyclic) bond motifs is 1. The van der Waals surface area contributed by atoms with E-state index in [0.717, 1.165) is 0 Å². The number of halogens is 1. The van der Waals surface area contributed by atoms with Crippen LogP contribution in [0.3, 0.4) is 0 Å². The van der Waals surface area contributed by atoms with Crippen LogP contribution in [-0.4, -0.2) is 71.6 Å². The minimum absolute atomic E-state index is 0.0219. The number of nitrogens with zero attached hydrogens (tertiary/aromatic N) is 3. The number of sulfonamides is 1. The van der Waals surface area contributed by atoms with Crippen LogP contribution in [0.15, 0.2) is 59.6 Å². The van der Waals surface area contributed by atoms with E-state index in [1.165, 1.54) is 68.8 Å². The Kier molecular flexibility index (Phi) is 8.48. The zero-order chi connectivity index (χ0) is 30.1. The van der Waals surface area contributed by atoms with Crippen molar-refractivity contribution in [2.75, 3.05) is 39.7 Å². The van der Waals surface area contributed by atoms with Crippen molar-refractivity contribution >= 4 is 39.1 Å². The monoisotopic (exact) mass is 602 g/mol. The van der Waals surface area contributed by atoms with Crippen molar-refractivity contribution in [3.8, 4) is 17.4 Å². The summed E-state index contributed by atoms with van der Waals surface area (Å²) >= 11 is 6.44. The first-order valence-corrected chi connectivity index (χ1v) is 14.4. The molecule has 0 fully saturated rings. The highest BCUT2D eigenvalue weighted by Crippen LogP contribution is 2.50. The highest BCUT2D eigenvalue weighted by Gasteiger charge is 2.59. The normalized spacial score (nSPS) is 17.1. The molecule has 2 aromatic carbocycles. The zero-order valence-corrected chi connectivity index (χ0v) is 25.0. The highest BCUT2D eigenvalue weighted by atomic mass is 35.5. The van der Waals surface area contributed by atoms with Crippen LogP contribution in [0.25, 0.3) is 0 Å². The lowest BCUT2D eigenvalue weighted by atomic mass is 9.83. The number of benzene rings is 2. The maximum absolute atomic E-state index is 14.8. The lowest BCUT2D eigenvalue weighted by Gasteiger charge is -2.35. The van der Waals surface area contributed by atoms with Crippen molar-refractivity contribution in [1.82, 2.24) is 15.2 Å². The Balaban J connectivity index is 2.06. The van der Waals surface area contributed by atoms with Gasteiger partial charge in [-0.3, -0.25) is 14.9 Å². The van der Waals surface area contributed by atoms with Crippen molar-refractivity contribution in [1.29, 1.82) is 0 Å². The number of anilines is 1. The van der Waals surface area contributed by atoms with Crippen LogP contribution in [0, 0.1) is 0 Å². The van der Waals surface area contributed by atoms with Crippen LogP contribution >= 0.6 is 11.6 Å². The predicted molar refractivity (Wildman–Crippen MR) is 153 cm³/mol. The molecule has 11 nitrogen and oxygen atoms in total. The fourth-order valence-electron chi connectivity index (χ4n) is 4.92. The number of likely N-dealkylation sites (N-methyl/N-ethyl adjacent to an activating group) is 1. The molecule has 1 aliphatic rings. The smallest absolute Gasteiger partial charge is 0.274 e. The zero-order valence-electron chi connectivity index (χ0n) is 23.5. The van der Waals surface area contributed by atoms with Crippen LogP contribution in [0.2, 0.25) is 5.02 Å². The van der Waals surface area contributed by atoms with E-state index in [9.17, 15) is 18.0 Å². The van der Waals surface area contributed by atoms with Crippen LogP contribution in [0.4, 0.5) is 5.69 Å². The molecule has 218 valence electrons. The minimum atomic E-state index is -4.60. The van der Waals surface area contributed by atoms with Gasteiger partial charge in [-0.25, -0.2) is 17.7 Å². The van der Waals surface area contributed by atoms with E-state index >= 15 is 0 Å². The lowest BCUT2D eigenvalue weighted by Crippen LogP contribution is -2.59. The SMILES string of the molecule is CCC(N[C@@]1(c2cccnc2OC)C(=O)N(S(=O)(=O)c2ccc(OC)cc2OC)c2ccc(Cl)cc21)C(=O)N(C)C. The molecule has 0 radical (unpaired) electrons. The molecule has 0 saturated carbocycles. The van der Waals surface area contributed by atoms with Crippen molar-refractivity contribution < 1.29 is 32.2 Å². The van der Waals surface area contributed by atoms with Gasteiger partial charge in [-0.05, 0) is 48.9 Å². The lowest BCUT2D eigenvalue weighted by molar-refractivity contribution is -0.132. The summed E-state index contributed by atoms with van der Waals surface area (Å²) in [5.74, 6) is -0.808. The fourth-order valence-corrected chi connectivity index (χ4v) is 6.69. The molecule has 1 aromatic heterocycles. The van der Waals surface area contributed by atoms with Gasteiger partial charge < -0.3 is 19.1 Å². The molecule has 0 bridgehead atoms. The molecule has 3 aromatic rings. The van der Waals surface area contributed by atoms with Gasteiger partial charge in [0.15, 0.2) is 5.54 Å². The standard InChI is InChI=1S/C28H31ClN4O7S/c1-7-21(26(34)32(2)3)31-28(19-9-8-14-30-25(19)40-6)20-15-17(29)10-12-22(20)33(27(28)35)41(36,37)24-13-11-18(38-4)16-23(24)39-5/h8-16,21,31H,7H2,1-6H3/t21?,28-/m1/s1. The van der Waals surface area contributed by atoms with Crippen LogP contribution in [-0.2, 0) is 25.2 Å². The van der Waals surface area contributed by atoms with Gasteiger partial charge in [-0.1, -0.05) is 18.5 Å². The van der Waals surface area contributed by atoms with Gasteiger partial charge in [-0.15, -0.1) is 0 Å². The molecule has 0 spiro atoms. The van der Waals surface area contributed by atoms with Crippen molar-refractivity contribution in [3.63, 3.8) is 0 Å². The summed E-state index contributed by atoms with van der Waals surface area (Å²) in [6.07, 6.45) is 1.76. The molecule has 1 N–H and O–H groups in total. The van der Waals surface area contributed by atoms with Crippen LogP contribution in [0.5, 0.6) is 17.4 Å². The predicted octanol–water partition coefficient (Wildman–Crippen LogP) is 3.20. The Morgan fingerprint density at radius 2 is 1.80 bits per heavy atom. The molecule has 2 amide bonds. The molecule has 2 heterocycles. The van der Waals surface area contributed by atoms with Gasteiger partial charge >= 0.3 is 0 Å². The number of aromatic nitrogens is 1. The summed E-state index contributed by atoms with van der Waals surface area (Å²) < 4.78 is 45.5. The third-order valence-corrected chi connectivity index (χ3v) is 8.85. The third-order valence-electron chi connectivity index (χ3n) is 6.88. The number of hydrogen-bond donors (Lipinski definition) is 1.